The molecule has 11 heteroatoms. The molecule has 1 fully saturated rings. The van der Waals surface area contributed by atoms with Crippen LogP contribution in [-0.2, 0) is 17.4 Å². The van der Waals surface area contributed by atoms with E-state index in [1.165, 1.54) is 38.1 Å². The van der Waals surface area contributed by atoms with Gasteiger partial charge in [-0.05, 0) is 91.8 Å². The minimum absolute atomic E-state index is 0.0363. The lowest BCUT2D eigenvalue weighted by atomic mass is 9.80. The molecule has 2 amide bonds. The van der Waals surface area contributed by atoms with E-state index in [4.69, 9.17) is 0 Å². The van der Waals surface area contributed by atoms with Gasteiger partial charge < -0.3 is 10.6 Å². The molecule has 0 bridgehead atoms. The first kappa shape index (κ1) is 33.1. The van der Waals surface area contributed by atoms with E-state index >= 15 is 4.39 Å². The Morgan fingerprint density at radius 2 is 1.46 bits per heavy atom. The molecule has 1 aliphatic heterocycles. The first-order chi connectivity index (χ1) is 22.8. The third kappa shape index (κ3) is 6.50. The summed E-state index contributed by atoms with van der Waals surface area (Å²) < 4.78 is 85.9. The molecule has 0 radical (unpaired) electrons. The van der Waals surface area contributed by atoms with Crippen LogP contribution in [0.5, 0.6) is 0 Å². The molecule has 1 saturated carbocycles. The number of halogens is 6. The van der Waals surface area contributed by atoms with Crippen LogP contribution in [0.3, 0.4) is 0 Å². The van der Waals surface area contributed by atoms with Gasteiger partial charge in [-0.15, -0.1) is 0 Å². The number of rotatable bonds is 6. The molecule has 250 valence electrons. The van der Waals surface area contributed by atoms with Crippen LogP contribution in [0.4, 0.5) is 43.4 Å². The van der Waals surface area contributed by atoms with Gasteiger partial charge in [0.15, 0.2) is 11.6 Å². The molecular formula is C37H33F6N3O2. The molecule has 1 heterocycles. The van der Waals surface area contributed by atoms with Crippen molar-refractivity contribution in [3.63, 3.8) is 0 Å². The highest BCUT2D eigenvalue weighted by Gasteiger charge is 2.44. The first-order valence-electron chi connectivity index (χ1n) is 15.7. The number of hydrogen-bond donors (Lipinski definition) is 2. The van der Waals surface area contributed by atoms with E-state index in [1.54, 1.807) is 24.3 Å². The topological polar surface area (TPSA) is 61.4 Å². The van der Waals surface area contributed by atoms with Gasteiger partial charge in [-0.25, -0.2) is 13.2 Å². The molecule has 0 aromatic heterocycles. The van der Waals surface area contributed by atoms with Crippen molar-refractivity contribution in [3.8, 4) is 0 Å². The van der Waals surface area contributed by atoms with Gasteiger partial charge in [0.25, 0.3) is 5.91 Å². The quantitative estimate of drug-likeness (QED) is 0.202. The highest BCUT2D eigenvalue weighted by atomic mass is 19.4. The molecule has 0 unspecified atom stereocenters. The van der Waals surface area contributed by atoms with Crippen molar-refractivity contribution in [2.24, 2.45) is 5.92 Å². The minimum Gasteiger partial charge on any atom is -0.382 e. The van der Waals surface area contributed by atoms with E-state index in [0.717, 1.165) is 60.5 Å². The second kappa shape index (κ2) is 13.0. The molecule has 5 nitrogen and oxygen atoms in total. The molecule has 4 aromatic carbocycles. The third-order valence-corrected chi connectivity index (χ3v) is 9.26. The number of nitrogens with one attached hydrogen (secondary N) is 2. The average molecular weight is 666 g/mol. The smallest absolute Gasteiger partial charge is 0.382 e. The lowest BCUT2D eigenvalue weighted by Crippen LogP contribution is -2.47. The first-order valence-corrected chi connectivity index (χ1v) is 15.7. The standard InChI is InChI=1S/C37H33F6N3O2/c1-20-10-13-26(18-28(20)37(41,42)43)45-35(47)27-16-23-17-30(39)31(40)19-32(23)46(36(48)33-21(2)6-5-9-29(33)38)34(27)22-11-14-25(15-12-22)44-24-7-3-4-8-24/h5-6,9-15,17-19,24,27,34,44H,3-4,7-8,16H2,1-2H3,(H,45,47)/t27-,34-/m0/s1. The fourth-order valence-electron chi connectivity index (χ4n) is 6.84. The number of alkyl halides is 3. The molecule has 0 saturated heterocycles. The largest absolute Gasteiger partial charge is 0.416 e. The van der Waals surface area contributed by atoms with Gasteiger partial charge in [-0.2, -0.15) is 13.2 Å². The molecule has 48 heavy (non-hydrogen) atoms. The number of aryl methyl sites for hydroxylation is 2. The number of carbonyl (C=O) groups is 2. The summed E-state index contributed by atoms with van der Waals surface area (Å²) in [6.45, 7) is 2.83. The molecule has 1 aliphatic carbocycles. The molecule has 6 rings (SSSR count). The lowest BCUT2D eigenvalue weighted by Gasteiger charge is -2.42. The Bertz CT molecular complexity index is 1850. The molecule has 4 aromatic rings. The Hall–Kier alpha value is -4.80. The SMILES string of the molecule is Cc1ccc(NC(=O)[C@H]2Cc3cc(F)c(F)cc3N(C(=O)c3c(C)cccc3F)[C@H]2c2ccc(NC3CCCC3)cc2)cc1C(F)(F)F. The van der Waals surface area contributed by atoms with E-state index in [-0.39, 0.29) is 40.0 Å². The highest BCUT2D eigenvalue weighted by molar-refractivity contribution is 6.09. The summed E-state index contributed by atoms with van der Waals surface area (Å²) in [7, 11) is 0. The van der Waals surface area contributed by atoms with Crippen LogP contribution < -0.4 is 15.5 Å². The summed E-state index contributed by atoms with van der Waals surface area (Å²) in [4.78, 5) is 29.6. The van der Waals surface area contributed by atoms with Gasteiger partial charge in [-0.1, -0.05) is 43.2 Å². The van der Waals surface area contributed by atoms with Crippen LogP contribution >= 0.6 is 0 Å². The van der Waals surface area contributed by atoms with Crippen molar-refractivity contribution in [2.45, 2.75) is 64.2 Å². The van der Waals surface area contributed by atoms with Gasteiger partial charge in [0.2, 0.25) is 5.91 Å². The van der Waals surface area contributed by atoms with Crippen molar-refractivity contribution in [1.29, 1.82) is 0 Å². The molecule has 2 N–H and O–H groups in total. The number of fused-ring (bicyclic) bond motifs is 1. The zero-order valence-electron chi connectivity index (χ0n) is 26.2. The van der Waals surface area contributed by atoms with Gasteiger partial charge in [0.1, 0.15) is 5.82 Å². The Balaban J connectivity index is 1.48. The fraction of sp³-hybridized carbons (Fsp3) is 0.297. The van der Waals surface area contributed by atoms with Crippen molar-refractivity contribution >= 4 is 28.9 Å². The van der Waals surface area contributed by atoms with Crippen LogP contribution in [0.2, 0.25) is 0 Å². The number of amides is 2. The van der Waals surface area contributed by atoms with Crippen LogP contribution in [0, 0.1) is 37.2 Å². The van der Waals surface area contributed by atoms with Crippen molar-refractivity contribution in [2.75, 3.05) is 15.5 Å². The summed E-state index contributed by atoms with van der Waals surface area (Å²) in [5.41, 5.74) is 0.170. The van der Waals surface area contributed by atoms with Crippen LogP contribution in [0.25, 0.3) is 0 Å². The zero-order valence-corrected chi connectivity index (χ0v) is 26.2. The van der Waals surface area contributed by atoms with E-state index in [0.29, 0.717) is 11.6 Å². The van der Waals surface area contributed by atoms with Crippen LogP contribution in [0.15, 0.2) is 72.8 Å². The van der Waals surface area contributed by atoms with Crippen molar-refractivity contribution in [1.82, 2.24) is 0 Å². The summed E-state index contributed by atoms with van der Waals surface area (Å²) in [6, 6.07) is 15.3. The van der Waals surface area contributed by atoms with Gasteiger partial charge in [0, 0.05) is 23.5 Å². The molecule has 0 spiro atoms. The minimum atomic E-state index is -4.67. The maximum atomic E-state index is 15.3. The maximum absolute atomic E-state index is 15.3. The molecule has 2 atom stereocenters. The van der Waals surface area contributed by atoms with Gasteiger partial charge in [-0.3, -0.25) is 14.5 Å². The second-order valence-electron chi connectivity index (χ2n) is 12.5. The summed E-state index contributed by atoms with van der Waals surface area (Å²) >= 11 is 0. The average Bonchev–Trinajstić information content (AvgIpc) is 3.54. The van der Waals surface area contributed by atoms with E-state index in [9.17, 15) is 31.5 Å². The van der Waals surface area contributed by atoms with Crippen molar-refractivity contribution < 1.29 is 35.9 Å². The molecular weight excluding hydrogens is 632 g/mol. The Morgan fingerprint density at radius 1 is 0.792 bits per heavy atom. The lowest BCUT2D eigenvalue weighted by molar-refractivity contribution is -0.138. The Kier molecular flexibility index (Phi) is 8.98. The third-order valence-electron chi connectivity index (χ3n) is 9.26. The predicted molar refractivity (Wildman–Crippen MR) is 171 cm³/mol. The van der Waals surface area contributed by atoms with Crippen LogP contribution in [-0.4, -0.2) is 17.9 Å². The highest BCUT2D eigenvalue weighted by Crippen LogP contribution is 2.45. The summed E-state index contributed by atoms with van der Waals surface area (Å²) in [5.74, 6) is -6.15. The number of benzene rings is 4. The predicted octanol–water partition coefficient (Wildman–Crippen LogP) is 9.29. The molecule has 2 aliphatic rings. The maximum Gasteiger partial charge on any atom is 0.416 e. The number of carbonyl (C=O) groups excluding carboxylic acids is 2. The summed E-state index contributed by atoms with van der Waals surface area (Å²) in [5, 5.41) is 6.03. The van der Waals surface area contributed by atoms with Crippen LogP contribution in [0.1, 0.15) is 69.9 Å². The number of nitrogens with zero attached hydrogens (tertiary/aromatic N) is 1. The summed E-state index contributed by atoms with van der Waals surface area (Å²) in [6.07, 6.45) is -0.598. The second-order valence-corrected chi connectivity index (χ2v) is 12.5. The van der Waals surface area contributed by atoms with Gasteiger partial charge in [0.05, 0.1) is 28.8 Å². The number of hydrogen-bond acceptors (Lipinski definition) is 3. The Morgan fingerprint density at radius 3 is 2.12 bits per heavy atom. The van der Waals surface area contributed by atoms with Gasteiger partial charge >= 0.3 is 6.18 Å². The van der Waals surface area contributed by atoms with E-state index < -0.39 is 53.0 Å². The fourth-order valence-corrected chi connectivity index (χ4v) is 6.84. The van der Waals surface area contributed by atoms with E-state index in [2.05, 4.69) is 10.6 Å². The monoisotopic (exact) mass is 665 g/mol. The van der Waals surface area contributed by atoms with Crippen molar-refractivity contribution in [3.05, 3.63) is 124 Å². The van der Waals surface area contributed by atoms with E-state index in [1.807, 2.05) is 0 Å². The Labute approximate surface area is 274 Å². The zero-order chi connectivity index (χ0) is 34.3. The normalized spacial score (nSPS) is 18.0. The number of anilines is 3.